The molecule has 0 aliphatic carbocycles. The molecule has 0 N–H and O–H groups in total. The molecule has 0 atom stereocenters. The zero-order valence-electron chi connectivity index (χ0n) is 22.6. The Hall–Kier alpha value is -2.21. The van der Waals surface area contributed by atoms with Crippen LogP contribution < -0.4 is 0 Å². The van der Waals surface area contributed by atoms with Gasteiger partial charge in [-0.05, 0) is 35.8 Å². The molecule has 0 fully saturated rings. The van der Waals surface area contributed by atoms with Gasteiger partial charge in [0.2, 0.25) is 0 Å². The fraction of sp³-hybridized carbons (Fsp3) is 0.273. The standard InChI is InChI=1S/C22H22N3.Ir.H2/c1-15-12-18(22(3,4)5)13-16(2)20(15)25-11-10-24-21(25)17-8-7-9-19(14-17)23-6;;/h7,9-14H,1-5H3;;1H/q-1;;/i1D3,2D3,10D,11D;;1+1. The molecular weight excluding hydrogens is 498 g/mol. The van der Waals surface area contributed by atoms with Gasteiger partial charge in [-0.2, -0.15) is 6.07 Å². The van der Waals surface area contributed by atoms with Gasteiger partial charge < -0.3 is 4.57 Å². The predicted molar refractivity (Wildman–Crippen MR) is 104 cm³/mol. The van der Waals surface area contributed by atoms with E-state index in [1.807, 2.05) is 20.8 Å². The first-order chi connectivity index (χ1) is 15.1. The van der Waals surface area contributed by atoms with E-state index in [0.29, 0.717) is 5.56 Å². The van der Waals surface area contributed by atoms with Crippen LogP contribution >= 0.6 is 0 Å². The number of nitrogens with zero attached hydrogens (tertiary/aromatic N) is 3. The number of aryl methyl sites for hydroxylation is 2. The summed E-state index contributed by atoms with van der Waals surface area (Å²) >= 11 is 0. The van der Waals surface area contributed by atoms with E-state index in [-0.39, 0.29) is 55.4 Å². The van der Waals surface area contributed by atoms with Crippen molar-refractivity contribution in [2.45, 2.75) is 39.9 Å². The second-order valence-corrected chi connectivity index (χ2v) is 6.74. The Morgan fingerprint density at radius 2 is 1.96 bits per heavy atom. The number of benzene rings is 2. The molecule has 0 saturated carbocycles. The zero-order chi connectivity index (χ0) is 24.9. The molecule has 3 aromatic rings. The summed E-state index contributed by atoms with van der Waals surface area (Å²) in [5.41, 5.74) is -0.266. The SMILES string of the molecule is [2HH].[2H]c1nc(-c2[c-]ccc([N+]#[C-])c2)n(-c2c(C([2H])([2H])[2H])cc(C(C)(C)C)cc2C([2H])([2H])[2H])c1[2H].[Ir]. The van der Waals surface area contributed by atoms with Crippen molar-refractivity contribution in [3.8, 4) is 17.1 Å². The van der Waals surface area contributed by atoms with Crippen molar-refractivity contribution in [3.63, 3.8) is 0 Å². The summed E-state index contributed by atoms with van der Waals surface area (Å²) in [6.07, 6.45) is -0.925. The van der Waals surface area contributed by atoms with Crippen molar-refractivity contribution in [1.29, 1.82) is 0 Å². The summed E-state index contributed by atoms with van der Waals surface area (Å²) in [6.45, 7) is 7.36. The van der Waals surface area contributed by atoms with E-state index in [9.17, 15) is 0 Å². The molecule has 26 heavy (non-hydrogen) atoms. The van der Waals surface area contributed by atoms with E-state index < -0.39 is 31.5 Å². The van der Waals surface area contributed by atoms with Crippen molar-refractivity contribution < 1.29 is 32.5 Å². The van der Waals surface area contributed by atoms with Gasteiger partial charge in [0.1, 0.15) is 5.69 Å². The molecular formula is C22H24IrN3-. The van der Waals surface area contributed by atoms with Crippen molar-refractivity contribution in [3.05, 3.63) is 76.9 Å². The predicted octanol–water partition coefficient (Wildman–Crippen LogP) is 6.05. The van der Waals surface area contributed by atoms with Gasteiger partial charge in [-0.1, -0.05) is 32.9 Å². The van der Waals surface area contributed by atoms with Crippen LogP contribution in [0.3, 0.4) is 0 Å². The minimum absolute atomic E-state index is 0. The van der Waals surface area contributed by atoms with Crippen molar-refractivity contribution in [2.75, 3.05) is 0 Å². The van der Waals surface area contributed by atoms with Gasteiger partial charge in [0.25, 0.3) is 0 Å². The van der Waals surface area contributed by atoms with Crippen LogP contribution in [0.5, 0.6) is 0 Å². The number of aromatic nitrogens is 2. The van der Waals surface area contributed by atoms with Gasteiger partial charge in [0, 0.05) is 47.8 Å². The zero-order valence-corrected chi connectivity index (χ0v) is 17.0. The molecule has 0 saturated heterocycles. The Balaban J connectivity index is 0.00000306. The molecule has 4 heteroatoms. The maximum absolute atomic E-state index is 8.45. The van der Waals surface area contributed by atoms with Crippen LogP contribution in [-0.4, -0.2) is 9.55 Å². The average molecular weight is 532 g/mol. The minimum Gasteiger partial charge on any atom is -0.340 e. The first kappa shape index (κ1) is 11.5. The number of imidazole rings is 1. The summed E-state index contributed by atoms with van der Waals surface area (Å²) in [4.78, 5) is 7.45. The summed E-state index contributed by atoms with van der Waals surface area (Å²) in [7, 11) is 0. The Morgan fingerprint density at radius 3 is 2.54 bits per heavy atom. The van der Waals surface area contributed by atoms with Gasteiger partial charge in [-0.25, -0.2) is 0 Å². The summed E-state index contributed by atoms with van der Waals surface area (Å²) < 4.78 is 66.5. The minimum atomic E-state index is -2.71. The van der Waals surface area contributed by atoms with Crippen molar-refractivity contribution >= 4 is 5.69 Å². The monoisotopic (exact) mass is 532 g/mol. The van der Waals surface area contributed by atoms with E-state index in [1.54, 1.807) is 0 Å². The molecule has 2 aromatic carbocycles. The van der Waals surface area contributed by atoms with Crippen LogP contribution in [0.4, 0.5) is 5.69 Å². The maximum atomic E-state index is 8.45. The third-order valence-electron chi connectivity index (χ3n) is 3.89. The summed E-state index contributed by atoms with van der Waals surface area (Å²) in [6, 6.07) is 10.2. The fourth-order valence-corrected chi connectivity index (χ4v) is 2.53. The third-order valence-corrected chi connectivity index (χ3v) is 3.89. The van der Waals surface area contributed by atoms with E-state index in [1.165, 1.54) is 30.3 Å². The number of hydrogen-bond acceptors (Lipinski definition) is 1. The fourth-order valence-electron chi connectivity index (χ4n) is 2.53. The van der Waals surface area contributed by atoms with Gasteiger partial charge in [0.05, 0.1) is 15.1 Å². The second kappa shape index (κ2) is 7.58. The largest absolute Gasteiger partial charge is 0.340 e. The van der Waals surface area contributed by atoms with Crippen molar-refractivity contribution in [2.24, 2.45) is 0 Å². The van der Waals surface area contributed by atoms with Gasteiger partial charge in [-0.15, -0.1) is 23.8 Å². The van der Waals surface area contributed by atoms with E-state index in [0.717, 1.165) is 4.57 Å². The van der Waals surface area contributed by atoms with Gasteiger partial charge >= 0.3 is 0 Å². The molecule has 0 spiro atoms. The molecule has 137 valence electrons. The Morgan fingerprint density at radius 1 is 1.27 bits per heavy atom. The molecule has 0 unspecified atom stereocenters. The molecule has 0 bridgehead atoms. The van der Waals surface area contributed by atoms with Crippen molar-refractivity contribution in [1.82, 2.24) is 9.55 Å². The Bertz CT molecular complexity index is 1230. The molecule has 1 aromatic heterocycles. The smallest absolute Gasteiger partial charge is 0.109 e. The quantitative estimate of drug-likeness (QED) is 0.369. The van der Waals surface area contributed by atoms with Crippen LogP contribution in [0, 0.1) is 26.3 Å². The molecule has 3 nitrogen and oxygen atoms in total. The van der Waals surface area contributed by atoms with Gasteiger partial charge in [0.15, 0.2) is 0 Å². The molecule has 3 rings (SSSR count). The Kier molecular flexibility index (Phi) is 3.35. The first-order valence-corrected chi connectivity index (χ1v) is 7.71. The third kappa shape index (κ3) is 3.80. The van der Waals surface area contributed by atoms with Crippen LogP contribution in [0.1, 0.15) is 49.9 Å². The topological polar surface area (TPSA) is 22.2 Å². The van der Waals surface area contributed by atoms with Crippen LogP contribution in [0.25, 0.3) is 21.9 Å². The normalized spacial score (nSPS) is 16.4. The Labute approximate surface area is 182 Å². The maximum Gasteiger partial charge on any atom is 0.109 e. The van der Waals surface area contributed by atoms with E-state index in [2.05, 4.69) is 15.9 Å². The molecule has 0 aliphatic rings. The molecule has 1 radical (unpaired) electrons. The summed E-state index contributed by atoms with van der Waals surface area (Å²) in [5, 5.41) is 0. The van der Waals surface area contributed by atoms with Crippen LogP contribution in [-0.2, 0) is 25.5 Å². The molecule has 1 heterocycles. The van der Waals surface area contributed by atoms with E-state index in [4.69, 9.17) is 17.5 Å². The second-order valence-electron chi connectivity index (χ2n) is 6.74. The molecule has 0 aliphatic heterocycles. The van der Waals surface area contributed by atoms with Crippen LogP contribution in [0.15, 0.2) is 42.7 Å². The van der Waals surface area contributed by atoms with Crippen LogP contribution in [0.2, 0.25) is 0 Å². The summed E-state index contributed by atoms with van der Waals surface area (Å²) in [5.74, 6) is -0.0324. The average Bonchev–Trinajstić information content (AvgIpc) is 2.99. The first-order valence-electron chi connectivity index (χ1n) is 11.7. The molecule has 0 amide bonds. The number of hydrogen-bond donors (Lipinski definition) is 0. The van der Waals surface area contributed by atoms with E-state index >= 15 is 0 Å². The number of rotatable bonds is 2. The van der Waals surface area contributed by atoms with Gasteiger partial charge in [-0.3, -0.25) is 9.83 Å².